The number of hydrogen-bond donors (Lipinski definition) is 1. The molecule has 1 N–H and O–H groups in total. The van der Waals surface area contributed by atoms with Crippen molar-refractivity contribution in [1.82, 2.24) is 0 Å². The quantitative estimate of drug-likeness (QED) is 0.676. The van der Waals surface area contributed by atoms with Crippen molar-refractivity contribution in [3.05, 3.63) is 63.7 Å². The number of rotatable bonds is 4. The van der Waals surface area contributed by atoms with E-state index in [0.29, 0.717) is 5.75 Å². The van der Waals surface area contributed by atoms with Crippen molar-refractivity contribution in [3.63, 3.8) is 0 Å². The van der Waals surface area contributed by atoms with E-state index in [1.165, 1.54) is 12.1 Å². The average Bonchev–Trinajstić information content (AvgIpc) is 2.38. The van der Waals surface area contributed by atoms with Gasteiger partial charge in [-0.1, -0.05) is 35.9 Å². The van der Waals surface area contributed by atoms with E-state index in [1.807, 2.05) is 6.07 Å². The Bertz CT molecular complexity index is 561. The van der Waals surface area contributed by atoms with Crippen molar-refractivity contribution >= 4 is 23.0 Å². The second-order valence-electron chi connectivity index (χ2n) is 3.41. The molecule has 0 aliphatic rings. The van der Waals surface area contributed by atoms with Crippen molar-refractivity contribution in [2.45, 2.75) is 0 Å². The molecular weight excluding hydrogens is 256 g/mol. The minimum Gasteiger partial charge on any atom is -0.382 e. The highest BCUT2D eigenvalue weighted by atomic mass is 35.5. The van der Waals surface area contributed by atoms with Gasteiger partial charge < -0.3 is 4.84 Å². The van der Waals surface area contributed by atoms with Crippen LogP contribution in [0, 0.1) is 10.1 Å². The van der Waals surface area contributed by atoms with E-state index in [1.54, 1.807) is 30.3 Å². The fourth-order valence-corrected chi connectivity index (χ4v) is 1.57. The highest BCUT2D eigenvalue weighted by Crippen LogP contribution is 2.31. The zero-order chi connectivity index (χ0) is 13.0. The number of nitrogens with one attached hydrogen (secondary N) is 1. The van der Waals surface area contributed by atoms with Crippen molar-refractivity contribution in [2.24, 2.45) is 0 Å². The van der Waals surface area contributed by atoms with Crippen LogP contribution in [0.15, 0.2) is 48.5 Å². The van der Waals surface area contributed by atoms with Crippen molar-refractivity contribution in [1.29, 1.82) is 0 Å². The number of nitro benzene ring substituents is 1. The summed E-state index contributed by atoms with van der Waals surface area (Å²) in [6.45, 7) is 0. The van der Waals surface area contributed by atoms with Gasteiger partial charge in [0.15, 0.2) is 11.4 Å². The van der Waals surface area contributed by atoms with Crippen LogP contribution in [0.1, 0.15) is 0 Å². The van der Waals surface area contributed by atoms with Crippen LogP contribution in [0.25, 0.3) is 0 Å². The largest absolute Gasteiger partial charge is 0.382 e. The molecule has 0 spiro atoms. The number of nitro groups is 1. The minimum atomic E-state index is -0.525. The molecular formula is C12H9ClN2O3. The maximum atomic E-state index is 10.8. The number of halogens is 1. The molecule has 0 fully saturated rings. The van der Waals surface area contributed by atoms with E-state index < -0.39 is 4.92 Å². The van der Waals surface area contributed by atoms with Crippen LogP contribution in [0.2, 0.25) is 5.02 Å². The number of anilines is 1. The van der Waals surface area contributed by atoms with Crippen molar-refractivity contribution in [3.8, 4) is 5.75 Å². The molecule has 0 bridgehead atoms. The number of benzene rings is 2. The normalized spacial score (nSPS) is 9.83. The highest BCUT2D eigenvalue weighted by molar-refractivity contribution is 6.33. The number of para-hydroxylation sites is 2. The van der Waals surface area contributed by atoms with Gasteiger partial charge in [0, 0.05) is 6.07 Å². The third-order valence-electron chi connectivity index (χ3n) is 2.20. The van der Waals surface area contributed by atoms with Gasteiger partial charge in [-0.05, 0) is 18.2 Å². The van der Waals surface area contributed by atoms with Crippen LogP contribution in [-0.2, 0) is 0 Å². The summed E-state index contributed by atoms with van der Waals surface area (Å²) in [6, 6.07) is 13.3. The molecule has 0 unspecified atom stereocenters. The maximum absolute atomic E-state index is 10.8. The van der Waals surface area contributed by atoms with Gasteiger partial charge in [-0.25, -0.2) is 5.48 Å². The molecule has 2 aromatic carbocycles. The Balaban J connectivity index is 2.21. The summed E-state index contributed by atoms with van der Waals surface area (Å²) in [7, 11) is 0. The molecule has 5 nitrogen and oxygen atoms in total. The first-order valence-corrected chi connectivity index (χ1v) is 5.47. The monoisotopic (exact) mass is 264 g/mol. The van der Waals surface area contributed by atoms with Crippen LogP contribution in [0.3, 0.4) is 0 Å². The molecule has 0 saturated carbocycles. The molecule has 0 aromatic heterocycles. The maximum Gasteiger partial charge on any atom is 0.297 e. The summed E-state index contributed by atoms with van der Waals surface area (Å²) >= 11 is 5.89. The van der Waals surface area contributed by atoms with Crippen molar-refractivity contribution < 1.29 is 9.76 Å². The molecule has 2 aromatic rings. The first-order valence-electron chi connectivity index (χ1n) is 5.09. The lowest BCUT2D eigenvalue weighted by molar-refractivity contribution is -0.384. The molecule has 0 aliphatic heterocycles. The fraction of sp³-hybridized carbons (Fsp3) is 0. The van der Waals surface area contributed by atoms with E-state index in [2.05, 4.69) is 5.48 Å². The molecule has 2 rings (SSSR count). The van der Waals surface area contributed by atoms with Gasteiger partial charge in [-0.2, -0.15) is 0 Å². The van der Waals surface area contributed by atoms with Gasteiger partial charge >= 0.3 is 0 Å². The molecule has 0 atom stereocenters. The van der Waals surface area contributed by atoms with Gasteiger partial charge in [0.05, 0.1) is 9.95 Å². The van der Waals surface area contributed by atoms with Gasteiger partial charge in [-0.15, -0.1) is 0 Å². The van der Waals surface area contributed by atoms with Gasteiger partial charge in [0.25, 0.3) is 5.69 Å². The highest BCUT2D eigenvalue weighted by Gasteiger charge is 2.16. The van der Waals surface area contributed by atoms with E-state index in [9.17, 15) is 10.1 Å². The molecule has 0 saturated heterocycles. The van der Waals surface area contributed by atoms with Gasteiger partial charge in [0.2, 0.25) is 0 Å². The van der Waals surface area contributed by atoms with Gasteiger partial charge in [-0.3, -0.25) is 10.1 Å². The molecule has 18 heavy (non-hydrogen) atoms. The minimum absolute atomic E-state index is 0.132. The number of nitrogens with zero attached hydrogens (tertiary/aromatic N) is 1. The summed E-state index contributed by atoms with van der Waals surface area (Å²) in [4.78, 5) is 15.5. The molecule has 6 heteroatoms. The first-order chi connectivity index (χ1) is 8.68. The fourth-order valence-electron chi connectivity index (χ4n) is 1.36. The zero-order valence-corrected chi connectivity index (χ0v) is 9.92. The van der Waals surface area contributed by atoms with Gasteiger partial charge in [0.1, 0.15) is 0 Å². The molecule has 0 amide bonds. The lowest BCUT2D eigenvalue weighted by Gasteiger charge is -2.09. The Morgan fingerprint density at radius 3 is 2.50 bits per heavy atom. The van der Waals surface area contributed by atoms with Crippen LogP contribution in [0.4, 0.5) is 11.4 Å². The third kappa shape index (κ3) is 2.70. The lowest BCUT2D eigenvalue weighted by Crippen LogP contribution is -2.07. The summed E-state index contributed by atoms with van der Waals surface area (Å²) in [5.74, 6) is 0.534. The van der Waals surface area contributed by atoms with Crippen molar-refractivity contribution in [2.75, 3.05) is 5.48 Å². The van der Waals surface area contributed by atoms with E-state index in [4.69, 9.17) is 16.4 Å². The first kappa shape index (κ1) is 12.2. The van der Waals surface area contributed by atoms with Crippen LogP contribution < -0.4 is 10.3 Å². The second kappa shape index (κ2) is 5.37. The topological polar surface area (TPSA) is 64.4 Å². The molecule has 0 radical (unpaired) electrons. The number of hydrogen-bond acceptors (Lipinski definition) is 4. The predicted octanol–water partition coefficient (Wildman–Crippen LogP) is 3.65. The third-order valence-corrected chi connectivity index (χ3v) is 2.52. The van der Waals surface area contributed by atoms with E-state index >= 15 is 0 Å². The van der Waals surface area contributed by atoms with E-state index in [0.717, 1.165) is 0 Å². The SMILES string of the molecule is O=[N+]([O-])c1cccc(Cl)c1NOc1ccccc1. The zero-order valence-electron chi connectivity index (χ0n) is 9.17. The standard InChI is InChI=1S/C12H9ClN2O3/c13-10-7-4-8-11(15(16)17)12(10)14-18-9-5-2-1-3-6-9/h1-8,14H. The molecule has 0 aliphatic carbocycles. The summed E-state index contributed by atoms with van der Waals surface area (Å²) in [6.07, 6.45) is 0. The Kier molecular flexibility index (Phi) is 3.64. The lowest BCUT2D eigenvalue weighted by atomic mass is 10.3. The summed E-state index contributed by atoms with van der Waals surface area (Å²) in [5.41, 5.74) is 2.50. The summed E-state index contributed by atoms with van der Waals surface area (Å²) in [5, 5.41) is 11.1. The molecule has 92 valence electrons. The second-order valence-corrected chi connectivity index (χ2v) is 3.82. The molecule has 0 heterocycles. The Labute approximate surface area is 108 Å². The average molecular weight is 265 g/mol. The van der Waals surface area contributed by atoms with Crippen LogP contribution in [0.5, 0.6) is 5.75 Å². The Morgan fingerprint density at radius 2 is 1.83 bits per heavy atom. The smallest absolute Gasteiger partial charge is 0.297 e. The summed E-state index contributed by atoms with van der Waals surface area (Å²) < 4.78 is 0. The Morgan fingerprint density at radius 1 is 1.11 bits per heavy atom. The van der Waals surface area contributed by atoms with E-state index in [-0.39, 0.29) is 16.4 Å². The van der Waals surface area contributed by atoms with Crippen LogP contribution >= 0.6 is 11.6 Å². The van der Waals surface area contributed by atoms with Crippen LogP contribution in [-0.4, -0.2) is 4.92 Å². The predicted molar refractivity (Wildman–Crippen MR) is 68.8 cm³/mol. The Hall–Kier alpha value is -2.27.